The van der Waals surface area contributed by atoms with Crippen molar-refractivity contribution in [1.29, 1.82) is 0 Å². The van der Waals surface area contributed by atoms with Gasteiger partial charge in [-0.05, 0) is 68.1 Å². The maximum Gasteiger partial charge on any atom is 0.250 e. The molecule has 0 heterocycles. The van der Waals surface area contributed by atoms with Crippen LogP contribution in [0.2, 0.25) is 0 Å². The first-order valence-corrected chi connectivity index (χ1v) is 8.81. The van der Waals surface area contributed by atoms with Gasteiger partial charge in [0.2, 0.25) is 5.91 Å². The molecule has 1 amide bonds. The van der Waals surface area contributed by atoms with E-state index in [1.807, 2.05) is 52.8 Å². The zero-order valence-electron chi connectivity index (χ0n) is 16.1. The minimum Gasteiger partial charge on any atom is -0.508 e. The predicted octanol–water partition coefficient (Wildman–Crippen LogP) is 4.90. The Morgan fingerprint density at radius 2 is 1.81 bits per heavy atom. The Hall–Kier alpha value is -2.53. The van der Waals surface area contributed by atoms with Crippen LogP contribution in [-0.4, -0.2) is 24.2 Å². The van der Waals surface area contributed by atoms with Crippen molar-refractivity contribution in [1.82, 2.24) is 0 Å². The summed E-state index contributed by atoms with van der Waals surface area (Å²) < 4.78 is 11.2. The van der Waals surface area contributed by atoms with Crippen molar-refractivity contribution in [2.45, 2.75) is 40.5 Å². The molecule has 0 fully saturated rings. The second kappa shape index (κ2) is 8.72. The third-order valence-electron chi connectivity index (χ3n) is 4.02. The zero-order chi connectivity index (χ0) is 19.3. The van der Waals surface area contributed by atoms with Gasteiger partial charge in [-0.3, -0.25) is 4.79 Å². The fourth-order valence-electron chi connectivity index (χ4n) is 2.75. The quantitative estimate of drug-likeness (QED) is 0.739. The van der Waals surface area contributed by atoms with Gasteiger partial charge in [0.25, 0.3) is 0 Å². The van der Waals surface area contributed by atoms with Gasteiger partial charge in [0, 0.05) is 17.9 Å². The minimum absolute atomic E-state index is 0.0400. The molecule has 0 saturated heterocycles. The number of carbonyl (C=O) groups is 1. The Bertz CT molecular complexity index is 761. The average molecular weight is 357 g/mol. The largest absolute Gasteiger partial charge is 0.508 e. The highest BCUT2D eigenvalue weighted by molar-refractivity contribution is 5.92. The number of phenols is 1. The van der Waals surface area contributed by atoms with E-state index in [4.69, 9.17) is 9.47 Å². The lowest BCUT2D eigenvalue weighted by molar-refractivity contribution is -0.120. The van der Waals surface area contributed by atoms with E-state index in [1.54, 1.807) is 12.1 Å². The van der Waals surface area contributed by atoms with Crippen molar-refractivity contribution in [3.63, 3.8) is 0 Å². The Labute approximate surface area is 155 Å². The van der Waals surface area contributed by atoms with E-state index in [0.717, 1.165) is 22.4 Å². The summed E-state index contributed by atoms with van der Waals surface area (Å²) in [5.74, 6) is 1.70. The Morgan fingerprint density at radius 1 is 1.15 bits per heavy atom. The summed E-state index contributed by atoms with van der Waals surface area (Å²) in [5, 5.41) is 12.8. The predicted molar refractivity (Wildman–Crippen MR) is 103 cm³/mol. The average Bonchev–Trinajstić information content (AvgIpc) is 2.57. The molecule has 0 aliphatic rings. The normalized spacial score (nSPS) is 10.8. The minimum atomic E-state index is -0.181. The van der Waals surface area contributed by atoms with E-state index in [2.05, 4.69) is 5.32 Å². The Kier molecular flexibility index (Phi) is 6.64. The van der Waals surface area contributed by atoms with Crippen molar-refractivity contribution in [2.75, 3.05) is 18.5 Å². The number of anilines is 1. The smallest absolute Gasteiger partial charge is 0.250 e. The zero-order valence-corrected chi connectivity index (χ0v) is 16.1. The maximum absolute atomic E-state index is 11.8. The monoisotopic (exact) mass is 357 g/mol. The molecule has 0 atom stereocenters. The van der Waals surface area contributed by atoms with Crippen molar-refractivity contribution in [3.8, 4) is 17.2 Å². The van der Waals surface area contributed by atoms with E-state index in [-0.39, 0.29) is 24.2 Å². The van der Waals surface area contributed by atoms with Crippen LogP contribution in [0.1, 0.15) is 43.4 Å². The number of ether oxygens (including phenoxy) is 2. The molecule has 26 heavy (non-hydrogen) atoms. The molecular weight excluding hydrogens is 330 g/mol. The number of nitrogens with one attached hydrogen (secondary N) is 1. The number of hydrogen-bond acceptors (Lipinski definition) is 4. The molecule has 2 aromatic rings. The van der Waals surface area contributed by atoms with E-state index < -0.39 is 0 Å². The van der Waals surface area contributed by atoms with Gasteiger partial charge >= 0.3 is 0 Å². The van der Waals surface area contributed by atoms with Gasteiger partial charge < -0.3 is 19.9 Å². The molecule has 0 aromatic heterocycles. The Balaban J connectivity index is 2.21. The summed E-state index contributed by atoms with van der Waals surface area (Å²) in [4.78, 5) is 11.8. The van der Waals surface area contributed by atoms with Crippen molar-refractivity contribution >= 4 is 11.6 Å². The van der Waals surface area contributed by atoms with Crippen LogP contribution in [0, 0.1) is 13.8 Å². The molecule has 0 unspecified atom stereocenters. The first kappa shape index (κ1) is 19.8. The van der Waals surface area contributed by atoms with E-state index in [0.29, 0.717) is 18.0 Å². The lowest BCUT2D eigenvalue weighted by Crippen LogP contribution is -2.18. The van der Waals surface area contributed by atoms with Gasteiger partial charge in [-0.2, -0.15) is 0 Å². The van der Waals surface area contributed by atoms with Crippen LogP contribution in [-0.2, 0) is 9.53 Å². The number of rotatable bonds is 7. The summed E-state index contributed by atoms with van der Waals surface area (Å²) in [6.45, 7) is 10.3. The van der Waals surface area contributed by atoms with Crippen molar-refractivity contribution < 1.29 is 19.4 Å². The summed E-state index contributed by atoms with van der Waals surface area (Å²) >= 11 is 0. The highest BCUT2D eigenvalue weighted by Gasteiger charge is 2.12. The van der Waals surface area contributed by atoms with Crippen LogP contribution in [0.15, 0.2) is 30.3 Å². The molecule has 2 N–H and O–H groups in total. The van der Waals surface area contributed by atoms with E-state index >= 15 is 0 Å². The van der Waals surface area contributed by atoms with Gasteiger partial charge in [-0.15, -0.1) is 0 Å². The molecule has 5 heteroatoms. The fourth-order valence-corrected chi connectivity index (χ4v) is 2.75. The molecule has 140 valence electrons. The van der Waals surface area contributed by atoms with Crippen molar-refractivity contribution in [3.05, 3.63) is 47.0 Å². The molecule has 0 aliphatic carbocycles. The number of aryl methyl sites for hydroxylation is 2. The molecule has 0 aliphatic heterocycles. The second-order valence-corrected chi connectivity index (χ2v) is 6.60. The second-order valence-electron chi connectivity index (χ2n) is 6.60. The number of aromatic hydroxyl groups is 1. The lowest BCUT2D eigenvalue weighted by atomic mass is 10.0. The van der Waals surface area contributed by atoms with Crippen LogP contribution in [0.3, 0.4) is 0 Å². The Morgan fingerprint density at radius 3 is 2.38 bits per heavy atom. The summed E-state index contributed by atoms with van der Waals surface area (Å²) in [6.07, 6.45) is 0. The standard InChI is InChI=1S/C21H27NO4/c1-6-25-12-20(24)22-16-9-14(4)21(15(5)10-16)26-17-7-8-19(23)18(11-17)13(2)3/h7-11,13,23H,6,12H2,1-5H3,(H,22,24). The third-order valence-corrected chi connectivity index (χ3v) is 4.02. The number of amides is 1. The van der Waals surface area contributed by atoms with E-state index in [1.165, 1.54) is 0 Å². The van der Waals surface area contributed by atoms with Gasteiger partial charge in [-0.25, -0.2) is 0 Å². The topological polar surface area (TPSA) is 67.8 Å². The van der Waals surface area contributed by atoms with Gasteiger partial charge in [0.15, 0.2) is 0 Å². The number of phenolic OH excluding ortho intramolecular Hbond substituents is 1. The van der Waals surface area contributed by atoms with Crippen molar-refractivity contribution in [2.24, 2.45) is 0 Å². The van der Waals surface area contributed by atoms with Crippen LogP contribution in [0.5, 0.6) is 17.2 Å². The summed E-state index contributed by atoms with van der Waals surface area (Å²) in [5.41, 5.74) is 3.38. The van der Waals surface area contributed by atoms with Crippen LogP contribution in [0.25, 0.3) is 0 Å². The van der Waals surface area contributed by atoms with E-state index in [9.17, 15) is 9.90 Å². The number of benzene rings is 2. The van der Waals surface area contributed by atoms with Gasteiger partial charge in [0.1, 0.15) is 23.9 Å². The van der Waals surface area contributed by atoms with Crippen LogP contribution >= 0.6 is 0 Å². The number of hydrogen-bond donors (Lipinski definition) is 2. The molecule has 2 rings (SSSR count). The van der Waals surface area contributed by atoms with Crippen LogP contribution < -0.4 is 10.1 Å². The molecule has 0 radical (unpaired) electrons. The van der Waals surface area contributed by atoms with Gasteiger partial charge in [0.05, 0.1) is 0 Å². The first-order valence-electron chi connectivity index (χ1n) is 8.81. The first-order chi connectivity index (χ1) is 12.3. The lowest BCUT2D eigenvalue weighted by Gasteiger charge is -2.16. The summed E-state index contributed by atoms with van der Waals surface area (Å²) in [6, 6.07) is 9.00. The van der Waals surface area contributed by atoms with Gasteiger partial charge in [-0.1, -0.05) is 13.8 Å². The third kappa shape index (κ3) is 4.99. The molecule has 2 aromatic carbocycles. The highest BCUT2D eigenvalue weighted by Crippen LogP contribution is 2.35. The molecule has 5 nitrogen and oxygen atoms in total. The molecule has 0 spiro atoms. The fraction of sp³-hybridized carbons (Fsp3) is 0.381. The maximum atomic E-state index is 11.8. The summed E-state index contributed by atoms with van der Waals surface area (Å²) in [7, 11) is 0. The molecule has 0 bridgehead atoms. The number of carbonyl (C=O) groups excluding carboxylic acids is 1. The SMILES string of the molecule is CCOCC(=O)Nc1cc(C)c(Oc2ccc(O)c(C(C)C)c2)c(C)c1. The highest BCUT2D eigenvalue weighted by atomic mass is 16.5. The molecular formula is C21H27NO4. The van der Waals surface area contributed by atoms with Crippen LogP contribution in [0.4, 0.5) is 5.69 Å². The molecule has 0 saturated carbocycles.